The first kappa shape index (κ1) is 15.3. The van der Waals surface area contributed by atoms with Gasteiger partial charge in [0, 0.05) is 10.7 Å². The van der Waals surface area contributed by atoms with Crippen LogP contribution in [0.4, 0.5) is 15.8 Å². The molecule has 0 spiro atoms. The molecule has 110 valence electrons. The van der Waals surface area contributed by atoms with Crippen LogP contribution in [0, 0.1) is 12.7 Å². The quantitative estimate of drug-likeness (QED) is 0.887. The van der Waals surface area contributed by atoms with Crippen LogP contribution >= 0.6 is 11.6 Å². The van der Waals surface area contributed by atoms with Gasteiger partial charge < -0.3 is 10.6 Å². The normalized spacial score (nSPS) is 11.8. The highest BCUT2D eigenvalue weighted by molar-refractivity contribution is 6.31. The lowest BCUT2D eigenvalue weighted by Gasteiger charge is -2.16. The summed E-state index contributed by atoms with van der Waals surface area (Å²) in [7, 11) is 0. The summed E-state index contributed by atoms with van der Waals surface area (Å²) in [5, 5.41) is 6.20. The zero-order valence-corrected chi connectivity index (χ0v) is 12.5. The second kappa shape index (κ2) is 6.59. The smallest absolute Gasteiger partial charge is 0.246 e. The minimum Gasteiger partial charge on any atom is -0.374 e. The van der Waals surface area contributed by atoms with Crippen LogP contribution in [0.15, 0.2) is 42.5 Å². The van der Waals surface area contributed by atoms with E-state index in [1.54, 1.807) is 25.1 Å². The maximum Gasteiger partial charge on any atom is 0.246 e. The first-order chi connectivity index (χ1) is 9.97. The molecule has 0 aliphatic carbocycles. The number of nitrogens with one attached hydrogen (secondary N) is 2. The third-order valence-corrected chi connectivity index (χ3v) is 3.49. The van der Waals surface area contributed by atoms with Gasteiger partial charge in [-0.15, -0.1) is 0 Å². The fraction of sp³-hybridized carbons (Fsp3) is 0.188. The molecule has 0 aliphatic rings. The van der Waals surface area contributed by atoms with Crippen molar-refractivity contribution in [2.24, 2.45) is 0 Å². The Balaban J connectivity index is 2.02. The molecule has 2 N–H and O–H groups in total. The van der Waals surface area contributed by atoms with Gasteiger partial charge in [0.1, 0.15) is 11.9 Å². The molecule has 2 rings (SSSR count). The van der Waals surface area contributed by atoms with Crippen molar-refractivity contribution in [3.8, 4) is 0 Å². The van der Waals surface area contributed by atoms with E-state index in [4.69, 9.17) is 11.6 Å². The molecule has 21 heavy (non-hydrogen) atoms. The third kappa shape index (κ3) is 3.95. The maximum absolute atomic E-state index is 13.5. The van der Waals surface area contributed by atoms with Crippen molar-refractivity contribution in [1.82, 2.24) is 0 Å². The number of halogens is 2. The average molecular weight is 307 g/mol. The summed E-state index contributed by atoms with van der Waals surface area (Å²) in [4.78, 5) is 12.0. The molecule has 0 heterocycles. The van der Waals surface area contributed by atoms with Crippen LogP contribution in [-0.2, 0) is 4.79 Å². The van der Waals surface area contributed by atoms with Crippen molar-refractivity contribution in [3.63, 3.8) is 0 Å². The summed E-state index contributed by atoms with van der Waals surface area (Å²) in [5.74, 6) is -0.784. The van der Waals surface area contributed by atoms with Crippen molar-refractivity contribution in [2.75, 3.05) is 10.6 Å². The number of carbonyl (C=O) groups is 1. The summed E-state index contributed by atoms with van der Waals surface area (Å²) in [6.45, 7) is 3.60. The van der Waals surface area contributed by atoms with Crippen LogP contribution in [0.25, 0.3) is 0 Å². The molecule has 1 unspecified atom stereocenters. The number of aryl methyl sites for hydroxylation is 1. The third-order valence-electron chi connectivity index (χ3n) is 3.08. The van der Waals surface area contributed by atoms with Crippen LogP contribution in [0.5, 0.6) is 0 Å². The summed E-state index contributed by atoms with van der Waals surface area (Å²) in [5.41, 5.74) is 1.87. The Morgan fingerprint density at radius 3 is 2.62 bits per heavy atom. The van der Waals surface area contributed by atoms with Crippen LogP contribution in [0.1, 0.15) is 12.5 Å². The summed E-state index contributed by atoms with van der Waals surface area (Å²) < 4.78 is 13.5. The molecule has 2 aromatic rings. The van der Waals surface area contributed by atoms with Crippen molar-refractivity contribution in [1.29, 1.82) is 0 Å². The molecule has 0 fully saturated rings. The second-order valence-corrected chi connectivity index (χ2v) is 5.21. The van der Waals surface area contributed by atoms with Gasteiger partial charge in [0.2, 0.25) is 5.91 Å². The molecule has 3 nitrogen and oxygen atoms in total. The van der Waals surface area contributed by atoms with Crippen LogP contribution < -0.4 is 10.6 Å². The molecule has 1 atom stereocenters. The number of hydrogen-bond donors (Lipinski definition) is 2. The predicted molar refractivity (Wildman–Crippen MR) is 84.3 cm³/mol. The first-order valence-electron chi connectivity index (χ1n) is 6.55. The van der Waals surface area contributed by atoms with Crippen LogP contribution in [0.3, 0.4) is 0 Å². The minimum atomic E-state index is -0.525. The van der Waals surface area contributed by atoms with Crippen molar-refractivity contribution in [2.45, 2.75) is 19.9 Å². The monoisotopic (exact) mass is 306 g/mol. The Morgan fingerprint density at radius 2 is 1.95 bits per heavy atom. The largest absolute Gasteiger partial charge is 0.374 e. The topological polar surface area (TPSA) is 41.1 Å². The Bertz CT molecular complexity index is 660. The van der Waals surface area contributed by atoms with E-state index in [2.05, 4.69) is 10.6 Å². The van der Waals surface area contributed by atoms with E-state index in [0.717, 1.165) is 11.3 Å². The number of para-hydroxylation sites is 1. The number of rotatable bonds is 4. The van der Waals surface area contributed by atoms with Gasteiger partial charge in [-0.05, 0) is 43.7 Å². The molecular weight excluding hydrogens is 291 g/mol. The van der Waals surface area contributed by atoms with Gasteiger partial charge in [-0.3, -0.25) is 4.79 Å². The SMILES string of the molecule is Cc1ccc(NC(C)C(=O)Nc2ccccc2F)cc1Cl. The van der Waals surface area contributed by atoms with E-state index in [1.165, 1.54) is 12.1 Å². The molecule has 5 heteroatoms. The lowest BCUT2D eigenvalue weighted by molar-refractivity contribution is -0.116. The first-order valence-corrected chi connectivity index (χ1v) is 6.93. The van der Waals surface area contributed by atoms with Gasteiger partial charge in [0.05, 0.1) is 5.69 Å². The van der Waals surface area contributed by atoms with Gasteiger partial charge in [0.15, 0.2) is 0 Å². The molecular formula is C16H16ClFN2O. The summed E-state index contributed by atoms with van der Waals surface area (Å²) in [6, 6.07) is 11.0. The second-order valence-electron chi connectivity index (χ2n) is 4.80. The number of carbonyl (C=O) groups excluding carboxylic acids is 1. The van der Waals surface area contributed by atoms with Gasteiger partial charge in [-0.2, -0.15) is 0 Å². The average Bonchev–Trinajstić information content (AvgIpc) is 2.45. The minimum absolute atomic E-state index is 0.165. The Labute approximate surface area is 128 Å². The molecule has 0 aliphatic heterocycles. The summed E-state index contributed by atoms with van der Waals surface area (Å²) >= 11 is 6.04. The van der Waals surface area contributed by atoms with Crippen molar-refractivity contribution in [3.05, 3.63) is 58.9 Å². The van der Waals surface area contributed by atoms with Gasteiger partial charge >= 0.3 is 0 Å². The molecule has 0 aromatic heterocycles. The van der Waals surface area contributed by atoms with E-state index in [9.17, 15) is 9.18 Å². The molecule has 2 aromatic carbocycles. The van der Waals surface area contributed by atoms with E-state index in [0.29, 0.717) is 5.02 Å². The Hall–Kier alpha value is -2.07. The van der Waals surface area contributed by atoms with Crippen molar-refractivity contribution >= 4 is 28.9 Å². The fourth-order valence-electron chi connectivity index (χ4n) is 1.80. The van der Waals surface area contributed by atoms with E-state index in [-0.39, 0.29) is 11.6 Å². The van der Waals surface area contributed by atoms with Crippen molar-refractivity contribution < 1.29 is 9.18 Å². The fourth-order valence-corrected chi connectivity index (χ4v) is 1.98. The molecule has 0 saturated carbocycles. The zero-order chi connectivity index (χ0) is 15.4. The lowest BCUT2D eigenvalue weighted by atomic mass is 10.2. The highest BCUT2D eigenvalue weighted by Crippen LogP contribution is 2.21. The van der Waals surface area contributed by atoms with Gasteiger partial charge in [-0.1, -0.05) is 29.8 Å². The Morgan fingerprint density at radius 1 is 1.24 bits per heavy atom. The number of amides is 1. The highest BCUT2D eigenvalue weighted by Gasteiger charge is 2.14. The highest BCUT2D eigenvalue weighted by atomic mass is 35.5. The van der Waals surface area contributed by atoms with Gasteiger partial charge in [-0.25, -0.2) is 4.39 Å². The molecule has 0 bridgehead atoms. The number of anilines is 2. The van der Waals surface area contributed by atoms with Crippen LogP contribution in [-0.4, -0.2) is 11.9 Å². The number of benzene rings is 2. The van der Waals surface area contributed by atoms with Gasteiger partial charge in [0.25, 0.3) is 0 Å². The summed E-state index contributed by atoms with van der Waals surface area (Å²) in [6.07, 6.45) is 0. The zero-order valence-electron chi connectivity index (χ0n) is 11.8. The Kier molecular flexibility index (Phi) is 4.81. The molecule has 1 amide bonds. The van der Waals surface area contributed by atoms with E-state index < -0.39 is 11.9 Å². The van der Waals surface area contributed by atoms with Crippen LogP contribution in [0.2, 0.25) is 5.02 Å². The number of hydrogen-bond acceptors (Lipinski definition) is 2. The molecule has 0 radical (unpaired) electrons. The lowest BCUT2D eigenvalue weighted by Crippen LogP contribution is -2.32. The molecule has 0 saturated heterocycles. The standard InChI is InChI=1S/C16H16ClFN2O/c1-10-7-8-12(9-13(10)17)19-11(2)16(21)20-15-6-4-3-5-14(15)18/h3-9,11,19H,1-2H3,(H,20,21). The van der Waals surface area contributed by atoms with E-state index >= 15 is 0 Å². The van der Waals surface area contributed by atoms with E-state index in [1.807, 2.05) is 19.1 Å². The predicted octanol–water partition coefficient (Wildman–Crippen LogP) is 4.23. The maximum atomic E-state index is 13.5.